The lowest BCUT2D eigenvalue weighted by molar-refractivity contribution is 0.0898. The van der Waals surface area contributed by atoms with Crippen LogP contribution in [0.25, 0.3) is 0 Å². The van der Waals surface area contributed by atoms with Gasteiger partial charge in [-0.25, -0.2) is 0 Å². The van der Waals surface area contributed by atoms with Gasteiger partial charge >= 0.3 is 0 Å². The summed E-state index contributed by atoms with van der Waals surface area (Å²) in [4.78, 5) is 0. The maximum absolute atomic E-state index is 8.81. The van der Waals surface area contributed by atoms with E-state index in [1.807, 2.05) is 6.92 Å². The lowest BCUT2D eigenvalue weighted by Crippen LogP contribution is -2.36. The van der Waals surface area contributed by atoms with Gasteiger partial charge in [-0.05, 0) is 13.0 Å². The van der Waals surface area contributed by atoms with E-state index < -0.39 is 0 Å². The van der Waals surface area contributed by atoms with E-state index >= 15 is 0 Å². The Hall–Kier alpha value is -0.120. The summed E-state index contributed by atoms with van der Waals surface area (Å²) >= 11 is 0. The Bertz CT molecular complexity index is 78.5. The minimum absolute atomic E-state index is 0.103. The van der Waals surface area contributed by atoms with Crippen LogP contribution in [0.5, 0.6) is 0 Å². The minimum Gasteiger partial charge on any atom is -0.395 e. The number of rotatable bonds is 7. The van der Waals surface area contributed by atoms with E-state index in [0.29, 0.717) is 6.61 Å². The Balaban J connectivity index is 3.20. The van der Waals surface area contributed by atoms with Crippen LogP contribution in [-0.2, 0) is 4.74 Å². The highest BCUT2D eigenvalue weighted by Crippen LogP contribution is 1.86. The summed E-state index contributed by atoms with van der Waals surface area (Å²) in [5, 5.41) is 11.9. The molecular formula is C8H19NO2. The van der Waals surface area contributed by atoms with Crippen molar-refractivity contribution in [2.75, 3.05) is 26.4 Å². The molecule has 1 atom stereocenters. The predicted octanol–water partition coefficient (Wildman–Crippen LogP) is 0.383. The Morgan fingerprint density at radius 3 is 2.64 bits per heavy atom. The number of aliphatic hydroxyl groups excluding tert-OH is 1. The van der Waals surface area contributed by atoms with Crippen LogP contribution < -0.4 is 5.32 Å². The van der Waals surface area contributed by atoms with Crippen molar-refractivity contribution < 1.29 is 9.84 Å². The van der Waals surface area contributed by atoms with Crippen LogP contribution in [0.15, 0.2) is 0 Å². The van der Waals surface area contributed by atoms with Crippen molar-refractivity contribution in [1.82, 2.24) is 5.32 Å². The van der Waals surface area contributed by atoms with Crippen LogP contribution >= 0.6 is 0 Å². The molecule has 0 saturated carbocycles. The first-order valence-electron chi connectivity index (χ1n) is 4.27. The summed E-state index contributed by atoms with van der Waals surface area (Å²) in [5.74, 6) is 0. The second-order valence-electron chi connectivity index (χ2n) is 2.51. The standard InChI is InChI=1S/C8H19NO2/c1-3-5-11-7-8(6-10)9-4-2/h8-10H,3-7H2,1-2H3. The van der Waals surface area contributed by atoms with Gasteiger partial charge in [0, 0.05) is 6.61 Å². The average Bonchev–Trinajstić information content (AvgIpc) is 2.03. The SMILES string of the molecule is CCCOCC(CO)NCC. The van der Waals surface area contributed by atoms with Crippen LogP contribution in [0.1, 0.15) is 20.3 Å². The van der Waals surface area contributed by atoms with Gasteiger partial charge in [-0.2, -0.15) is 0 Å². The molecule has 0 saturated heterocycles. The van der Waals surface area contributed by atoms with Gasteiger partial charge in [0.15, 0.2) is 0 Å². The van der Waals surface area contributed by atoms with Gasteiger partial charge in [0.2, 0.25) is 0 Å². The quantitative estimate of drug-likeness (QED) is 0.530. The Morgan fingerprint density at radius 1 is 1.45 bits per heavy atom. The number of ether oxygens (including phenoxy) is 1. The summed E-state index contributed by atoms with van der Waals surface area (Å²) in [5.41, 5.74) is 0. The monoisotopic (exact) mass is 161 g/mol. The molecule has 2 N–H and O–H groups in total. The van der Waals surface area contributed by atoms with Crippen LogP contribution in [0.3, 0.4) is 0 Å². The molecule has 0 aliphatic rings. The average molecular weight is 161 g/mol. The normalized spacial score (nSPS) is 13.4. The minimum atomic E-state index is 0.103. The number of nitrogens with one attached hydrogen (secondary N) is 1. The highest BCUT2D eigenvalue weighted by molar-refractivity contribution is 4.62. The molecule has 0 spiro atoms. The highest BCUT2D eigenvalue weighted by atomic mass is 16.5. The van der Waals surface area contributed by atoms with Crippen LogP contribution in [-0.4, -0.2) is 37.5 Å². The van der Waals surface area contributed by atoms with Gasteiger partial charge in [0.1, 0.15) is 0 Å². The molecule has 0 heterocycles. The molecule has 0 aliphatic carbocycles. The Morgan fingerprint density at radius 2 is 2.18 bits per heavy atom. The number of hydrogen-bond donors (Lipinski definition) is 2. The first-order valence-corrected chi connectivity index (χ1v) is 4.27. The molecule has 1 unspecified atom stereocenters. The highest BCUT2D eigenvalue weighted by Gasteiger charge is 2.03. The smallest absolute Gasteiger partial charge is 0.0642 e. The molecule has 68 valence electrons. The molecule has 3 heteroatoms. The van der Waals surface area contributed by atoms with Crippen molar-refractivity contribution in [1.29, 1.82) is 0 Å². The molecule has 3 nitrogen and oxygen atoms in total. The number of aliphatic hydroxyl groups is 1. The van der Waals surface area contributed by atoms with Gasteiger partial charge in [-0.3, -0.25) is 0 Å². The van der Waals surface area contributed by atoms with Crippen LogP contribution in [0.2, 0.25) is 0 Å². The lowest BCUT2D eigenvalue weighted by atomic mass is 10.3. The summed E-state index contributed by atoms with van der Waals surface area (Å²) < 4.78 is 5.27. The van der Waals surface area contributed by atoms with E-state index in [4.69, 9.17) is 9.84 Å². The fourth-order valence-electron chi connectivity index (χ4n) is 0.835. The zero-order chi connectivity index (χ0) is 8.53. The molecule has 0 aromatic carbocycles. The second-order valence-corrected chi connectivity index (χ2v) is 2.51. The third-order valence-corrected chi connectivity index (χ3v) is 1.38. The third-order valence-electron chi connectivity index (χ3n) is 1.38. The second kappa shape index (κ2) is 7.98. The Labute approximate surface area is 68.8 Å². The first-order chi connectivity index (χ1) is 5.35. The summed E-state index contributed by atoms with van der Waals surface area (Å²) in [6.07, 6.45) is 1.03. The fraction of sp³-hybridized carbons (Fsp3) is 1.00. The van der Waals surface area contributed by atoms with Gasteiger partial charge in [0.05, 0.1) is 19.3 Å². The topological polar surface area (TPSA) is 41.5 Å². The van der Waals surface area contributed by atoms with Crippen molar-refractivity contribution in [2.45, 2.75) is 26.3 Å². The van der Waals surface area contributed by atoms with Crippen molar-refractivity contribution in [3.8, 4) is 0 Å². The summed E-state index contributed by atoms with van der Waals surface area (Å²) in [7, 11) is 0. The third kappa shape index (κ3) is 6.28. The lowest BCUT2D eigenvalue weighted by Gasteiger charge is -2.14. The summed E-state index contributed by atoms with van der Waals surface area (Å²) in [6.45, 7) is 6.50. The molecule has 0 amide bonds. The summed E-state index contributed by atoms with van der Waals surface area (Å²) in [6, 6.07) is 0.103. The zero-order valence-electron chi connectivity index (χ0n) is 7.47. The van der Waals surface area contributed by atoms with E-state index in [9.17, 15) is 0 Å². The zero-order valence-corrected chi connectivity index (χ0v) is 7.47. The number of likely N-dealkylation sites (N-methyl/N-ethyl adjacent to an activating group) is 1. The molecule has 0 aromatic rings. The number of hydrogen-bond acceptors (Lipinski definition) is 3. The fourth-order valence-corrected chi connectivity index (χ4v) is 0.835. The van der Waals surface area contributed by atoms with E-state index in [1.54, 1.807) is 0 Å². The maximum atomic E-state index is 8.81. The van der Waals surface area contributed by atoms with Crippen LogP contribution in [0, 0.1) is 0 Å². The molecule has 0 fully saturated rings. The van der Waals surface area contributed by atoms with E-state index in [0.717, 1.165) is 19.6 Å². The van der Waals surface area contributed by atoms with Crippen LogP contribution in [0.4, 0.5) is 0 Å². The van der Waals surface area contributed by atoms with Gasteiger partial charge < -0.3 is 15.2 Å². The molecular weight excluding hydrogens is 142 g/mol. The van der Waals surface area contributed by atoms with E-state index in [1.165, 1.54) is 0 Å². The molecule has 0 rings (SSSR count). The van der Waals surface area contributed by atoms with Crippen molar-refractivity contribution in [2.24, 2.45) is 0 Å². The molecule has 0 radical (unpaired) electrons. The molecule has 0 aliphatic heterocycles. The van der Waals surface area contributed by atoms with Gasteiger partial charge in [-0.15, -0.1) is 0 Å². The van der Waals surface area contributed by atoms with Gasteiger partial charge in [-0.1, -0.05) is 13.8 Å². The Kier molecular flexibility index (Phi) is 7.89. The maximum Gasteiger partial charge on any atom is 0.0642 e. The predicted molar refractivity (Wildman–Crippen MR) is 45.7 cm³/mol. The van der Waals surface area contributed by atoms with Crippen molar-refractivity contribution in [3.63, 3.8) is 0 Å². The molecule has 0 aromatic heterocycles. The molecule has 0 bridgehead atoms. The van der Waals surface area contributed by atoms with Gasteiger partial charge in [0.25, 0.3) is 0 Å². The molecule has 11 heavy (non-hydrogen) atoms. The largest absolute Gasteiger partial charge is 0.395 e. The van der Waals surface area contributed by atoms with Crippen molar-refractivity contribution in [3.05, 3.63) is 0 Å². The van der Waals surface area contributed by atoms with Crippen molar-refractivity contribution >= 4 is 0 Å². The van der Waals surface area contributed by atoms with E-state index in [-0.39, 0.29) is 12.6 Å². The van der Waals surface area contributed by atoms with E-state index in [2.05, 4.69) is 12.2 Å². The first kappa shape index (κ1) is 10.9.